The molecule has 3 aromatic rings. The van der Waals surface area contributed by atoms with Gasteiger partial charge in [-0.2, -0.15) is 15.2 Å². The summed E-state index contributed by atoms with van der Waals surface area (Å²) in [6, 6.07) is 5.49. The van der Waals surface area contributed by atoms with Crippen LogP contribution in [0.4, 0.5) is 0 Å². The summed E-state index contributed by atoms with van der Waals surface area (Å²) in [5.41, 5.74) is 1.45. The smallest absolute Gasteiger partial charge is 0.251 e. The van der Waals surface area contributed by atoms with Gasteiger partial charge in [-0.1, -0.05) is 12.1 Å². The third-order valence-corrected chi connectivity index (χ3v) is 2.98. The highest BCUT2D eigenvalue weighted by molar-refractivity contribution is 5.46. The Bertz CT molecular complexity index is 673. The quantitative estimate of drug-likeness (QED) is 0.721. The minimum atomic E-state index is -0.0651. The van der Waals surface area contributed by atoms with Crippen LogP contribution in [0.1, 0.15) is 31.0 Å². The molecule has 0 spiro atoms. The molecule has 3 heterocycles. The summed E-state index contributed by atoms with van der Waals surface area (Å²) in [7, 11) is 0. The van der Waals surface area contributed by atoms with Crippen LogP contribution in [0.3, 0.4) is 0 Å². The minimum absolute atomic E-state index is 0.0651. The van der Waals surface area contributed by atoms with Gasteiger partial charge in [0.1, 0.15) is 11.7 Å². The lowest BCUT2D eigenvalue weighted by molar-refractivity contribution is 0.321. The van der Waals surface area contributed by atoms with E-state index >= 15 is 0 Å². The summed E-state index contributed by atoms with van der Waals surface area (Å²) in [5, 5.41) is 16.2. The number of hydrogen-bond acceptors (Lipinski definition) is 6. The minimum Gasteiger partial charge on any atom is -0.337 e. The maximum Gasteiger partial charge on any atom is 0.251 e. The van der Waals surface area contributed by atoms with Gasteiger partial charge in [0.05, 0.1) is 5.69 Å². The molecule has 20 heavy (non-hydrogen) atoms. The highest BCUT2D eigenvalue weighted by atomic mass is 16.5. The first kappa shape index (κ1) is 12.5. The number of aryl methyl sites for hydroxylation is 1. The van der Waals surface area contributed by atoms with Gasteiger partial charge in [0, 0.05) is 12.4 Å². The second-order valence-electron chi connectivity index (χ2n) is 4.43. The molecule has 0 saturated heterocycles. The second-order valence-corrected chi connectivity index (χ2v) is 4.43. The molecule has 0 N–H and O–H groups in total. The van der Waals surface area contributed by atoms with Crippen LogP contribution >= 0.6 is 0 Å². The molecule has 0 radical (unpaired) electrons. The number of aromatic nitrogens is 6. The van der Waals surface area contributed by atoms with E-state index in [0.29, 0.717) is 17.4 Å². The van der Waals surface area contributed by atoms with Gasteiger partial charge >= 0.3 is 0 Å². The van der Waals surface area contributed by atoms with Gasteiger partial charge in [0.15, 0.2) is 0 Å². The molecule has 0 aliphatic heterocycles. The molecule has 0 fully saturated rings. The monoisotopic (exact) mass is 270 g/mol. The Morgan fingerprint density at radius 2 is 2.20 bits per heavy atom. The molecule has 0 aliphatic rings. The zero-order valence-electron chi connectivity index (χ0n) is 11.3. The Labute approximate surface area is 115 Å². The topological polar surface area (TPSA) is 82.5 Å². The van der Waals surface area contributed by atoms with Gasteiger partial charge in [-0.25, -0.2) is 0 Å². The first-order chi connectivity index (χ1) is 9.78. The molecule has 0 unspecified atom stereocenters. The van der Waals surface area contributed by atoms with E-state index < -0.39 is 0 Å². The molecule has 1 atom stereocenters. The number of nitrogens with zero attached hydrogens (tertiary/aromatic N) is 6. The maximum absolute atomic E-state index is 5.34. The second kappa shape index (κ2) is 5.20. The van der Waals surface area contributed by atoms with Crippen molar-refractivity contribution in [3.8, 4) is 11.5 Å². The van der Waals surface area contributed by atoms with Crippen molar-refractivity contribution in [2.75, 3.05) is 0 Å². The zero-order chi connectivity index (χ0) is 13.9. The summed E-state index contributed by atoms with van der Waals surface area (Å²) >= 11 is 0. The van der Waals surface area contributed by atoms with Crippen molar-refractivity contribution < 1.29 is 4.52 Å². The van der Waals surface area contributed by atoms with E-state index in [4.69, 9.17) is 4.52 Å². The molecule has 0 saturated carbocycles. The van der Waals surface area contributed by atoms with Crippen LogP contribution in [-0.2, 0) is 0 Å². The molecule has 0 bridgehead atoms. The van der Waals surface area contributed by atoms with Crippen molar-refractivity contribution in [3.05, 3.63) is 42.2 Å². The lowest BCUT2D eigenvalue weighted by Crippen LogP contribution is -2.10. The van der Waals surface area contributed by atoms with Gasteiger partial charge < -0.3 is 4.52 Å². The standard InChI is InChI=1S/C13H14N6O/c1-3-11(19-8-4-7-14-19)13-15-12(18-20-13)10-6-5-9(2)16-17-10/h4-8,11H,3H2,1-2H3/t11-/m0/s1. The van der Waals surface area contributed by atoms with Crippen LogP contribution < -0.4 is 0 Å². The van der Waals surface area contributed by atoms with Crippen LogP contribution in [0.2, 0.25) is 0 Å². The van der Waals surface area contributed by atoms with E-state index in [9.17, 15) is 0 Å². The largest absolute Gasteiger partial charge is 0.337 e. The molecule has 7 nitrogen and oxygen atoms in total. The van der Waals surface area contributed by atoms with E-state index in [1.165, 1.54) is 0 Å². The molecule has 3 aromatic heterocycles. The van der Waals surface area contributed by atoms with Crippen molar-refractivity contribution in [3.63, 3.8) is 0 Å². The number of rotatable bonds is 4. The molecule has 0 amide bonds. The van der Waals surface area contributed by atoms with Crippen molar-refractivity contribution in [1.29, 1.82) is 0 Å². The molecule has 0 aliphatic carbocycles. The fourth-order valence-electron chi connectivity index (χ4n) is 1.93. The highest BCUT2D eigenvalue weighted by Gasteiger charge is 2.20. The van der Waals surface area contributed by atoms with Crippen LogP contribution in [0.15, 0.2) is 35.1 Å². The fourth-order valence-corrected chi connectivity index (χ4v) is 1.93. The van der Waals surface area contributed by atoms with Gasteiger partial charge in [-0.15, -0.1) is 5.10 Å². The van der Waals surface area contributed by atoms with Gasteiger partial charge in [0.25, 0.3) is 5.89 Å². The normalized spacial score (nSPS) is 12.5. The summed E-state index contributed by atoms with van der Waals surface area (Å²) in [6.07, 6.45) is 4.41. The van der Waals surface area contributed by atoms with E-state index in [2.05, 4.69) is 25.4 Å². The van der Waals surface area contributed by atoms with Gasteiger partial charge in [-0.3, -0.25) is 4.68 Å². The third-order valence-electron chi connectivity index (χ3n) is 2.98. The zero-order valence-corrected chi connectivity index (χ0v) is 11.3. The Morgan fingerprint density at radius 1 is 1.30 bits per heavy atom. The van der Waals surface area contributed by atoms with E-state index in [0.717, 1.165) is 12.1 Å². The average Bonchev–Trinajstić information content (AvgIpc) is 3.12. The molecular formula is C13H14N6O. The SMILES string of the molecule is CC[C@@H](c1nc(-c2ccc(C)nn2)no1)n1cccn1. The Balaban J connectivity index is 1.91. The van der Waals surface area contributed by atoms with E-state index in [-0.39, 0.29) is 6.04 Å². The Morgan fingerprint density at radius 3 is 2.85 bits per heavy atom. The molecule has 3 rings (SSSR count). The van der Waals surface area contributed by atoms with Gasteiger partial charge in [0.2, 0.25) is 5.82 Å². The predicted octanol–water partition coefficient (Wildman–Crippen LogP) is 2.03. The average molecular weight is 270 g/mol. The lowest BCUT2D eigenvalue weighted by Gasteiger charge is -2.09. The molecular weight excluding hydrogens is 256 g/mol. The Kier molecular flexibility index (Phi) is 3.24. The van der Waals surface area contributed by atoms with E-state index in [1.54, 1.807) is 10.9 Å². The number of hydrogen-bond donors (Lipinski definition) is 0. The first-order valence-electron chi connectivity index (χ1n) is 6.41. The molecule has 7 heteroatoms. The van der Waals surface area contributed by atoms with Crippen LogP contribution in [0, 0.1) is 6.92 Å². The summed E-state index contributed by atoms with van der Waals surface area (Å²) in [6.45, 7) is 3.92. The fraction of sp³-hybridized carbons (Fsp3) is 0.308. The van der Waals surface area contributed by atoms with Crippen LogP contribution in [0.25, 0.3) is 11.5 Å². The molecule has 0 aromatic carbocycles. The molecule has 102 valence electrons. The summed E-state index contributed by atoms with van der Waals surface area (Å²) in [4.78, 5) is 4.40. The summed E-state index contributed by atoms with van der Waals surface area (Å²) < 4.78 is 7.14. The summed E-state index contributed by atoms with van der Waals surface area (Å²) in [5.74, 6) is 0.965. The van der Waals surface area contributed by atoms with E-state index in [1.807, 2.05) is 38.2 Å². The van der Waals surface area contributed by atoms with Gasteiger partial charge in [-0.05, 0) is 31.5 Å². The highest BCUT2D eigenvalue weighted by Crippen LogP contribution is 2.21. The van der Waals surface area contributed by atoms with Crippen molar-refractivity contribution in [2.24, 2.45) is 0 Å². The van der Waals surface area contributed by atoms with Crippen molar-refractivity contribution in [2.45, 2.75) is 26.3 Å². The third kappa shape index (κ3) is 2.29. The van der Waals surface area contributed by atoms with Crippen molar-refractivity contribution >= 4 is 0 Å². The van der Waals surface area contributed by atoms with Crippen molar-refractivity contribution in [1.82, 2.24) is 30.1 Å². The predicted molar refractivity (Wildman–Crippen MR) is 70.7 cm³/mol. The van der Waals surface area contributed by atoms with Crippen LogP contribution in [0.5, 0.6) is 0 Å². The van der Waals surface area contributed by atoms with Crippen LogP contribution in [-0.4, -0.2) is 30.1 Å². The Hall–Kier alpha value is -2.57. The maximum atomic E-state index is 5.34. The lowest BCUT2D eigenvalue weighted by atomic mass is 10.2. The first-order valence-corrected chi connectivity index (χ1v) is 6.41.